The Labute approximate surface area is 124 Å². The van der Waals surface area contributed by atoms with Crippen molar-refractivity contribution < 1.29 is 0 Å². The van der Waals surface area contributed by atoms with Gasteiger partial charge in [0, 0.05) is 29.5 Å². The highest BCUT2D eigenvalue weighted by Crippen LogP contribution is 2.26. The summed E-state index contributed by atoms with van der Waals surface area (Å²) in [7, 11) is 0. The van der Waals surface area contributed by atoms with Gasteiger partial charge < -0.3 is 5.32 Å². The van der Waals surface area contributed by atoms with Gasteiger partial charge in [0.05, 0.1) is 11.7 Å². The maximum atomic E-state index is 4.62. The maximum Gasteiger partial charge on any atom is 0.115 e. The van der Waals surface area contributed by atoms with E-state index in [9.17, 15) is 0 Å². The lowest BCUT2D eigenvalue weighted by Crippen LogP contribution is -2.24. The van der Waals surface area contributed by atoms with Crippen LogP contribution in [-0.4, -0.2) is 21.5 Å². The second kappa shape index (κ2) is 6.41. The number of hydrogen-bond donors (Lipinski definition) is 1. The van der Waals surface area contributed by atoms with E-state index >= 15 is 0 Å². The zero-order valence-electron chi connectivity index (χ0n) is 12.0. The van der Waals surface area contributed by atoms with Crippen molar-refractivity contribution in [3.05, 3.63) is 66.5 Å². The molecular weight excluding hydrogens is 260 g/mol. The van der Waals surface area contributed by atoms with Gasteiger partial charge in [-0.25, -0.2) is 9.97 Å². The molecule has 2 aromatic heterocycles. The molecule has 1 aromatic carbocycles. The van der Waals surface area contributed by atoms with Gasteiger partial charge in [-0.15, -0.1) is 0 Å². The molecule has 3 aromatic rings. The number of pyridine rings is 1. The first-order valence-corrected chi connectivity index (χ1v) is 7.22. The fourth-order valence-corrected chi connectivity index (χ4v) is 2.49. The Bertz CT molecular complexity index is 707. The van der Waals surface area contributed by atoms with Crippen LogP contribution in [0.15, 0.2) is 55.2 Å². The number of nitrogens with zero attached hydrogens (tertiary/aromatic N) is 3. The molecule has 0 saturated carbocycles. The summed E-state index contributed by atoms with van der Waals surface area (Å²) in [6.07, 6.45) is 8.18. The molecule has 0 aliphatic carbocycles. The van der Waals surface area contributed by atoms with Gasteiger partial charge in [0.15, 0.2) is 0 Å². The van der Waals surface area contributed by atoms with E-state index in [1.54, 1.807) is 6.33 Å². The van der Waals surface area contributed by atoms with E-state index in [4.69, 9.17) is 0 Å². The maximum absolute atomic E-state index is 4.62. The summed E-state index contributed by atoms with van der Waals surface area (Å²) in [5.74, 6) is 0. The van der Waals surface area contributed by atoms with Crippen LogP contribution in [0.2, 0.25) is 0 Å². The SMILES string of the molecule is CCCNC(c1cncnc1)c1nccc2ccccc12. The van der Waals surface area contributed by atoms with Crippen LogP contribution < -0.4 is 5.32 Å². The molecule has 1 atom stereocenters. The molecule has 0 amide bonds. The molecule has 0 aliphatic rings. The van der Waals surface area contributed by atoms with Gasteiger partial charge in [0.25, 0.3) is 0 Å². The number of benzene rings is 1. The van der Waals surface area contributed by atoms with Crippen molar-refractivity contribution in [2.24, 2.45) is 0 Å². The van der Waals surface area contributed by atoms with Crippen LogP contribution in [0, 0.1) is 0 Å². The van der Waals surface area contributed by atoms with E-state index in [0.717, 1.165) is 29.6 Å². The average Bonchev–Trinajstić information content (AvgIpc) is 2.56. The minimum atomic E-state index is 0.0113. The Morgan fingerprint density at radius 3 is 2.71 bits per heavy atom. The molecule has 21 heavy (non-hydrogen) atoms. The summed E-state index contributed by atoms with van der Waals surface area (Å²) in [6, 6.07) is 10.4. The first kappa shape index (κ1) is 13.6. The molecule has 3 rings (SSSR count). The molecule has 1 unspecified atom stereocenters. The molecule has 0 bridgehead atoms. The van der Waals surface area contributed by atoms with Crippen molar-refractivity contribution >= 4 is 10.8 Å². The highest BCUT2D eigenvalue weighted by atomic mass is 14.9. The molecule has 2 heterocycles. The quantitative estimate of drug-likeness (QED) is 0.779. The molecule has 4 heteroatoms. The summed E-state index contributed by atoms with van der Waals surface area (Å²) in [4.78, 5) is 12.9. The van der Waals surface area contributed by atoms with Crippen LogP contribution >= 0.6 is 0 Å². The lowest BCUT2D eigenvalue weighted by molar-refractivity contribution is 0.587. The van der Waals surface area contributed by atoms with Crippen molar-refractivity contribution in [1.29, 1.82) is 0 Å². The zero-order chi connectivity index (χ0) is 14.5. The van der Waals surface area contributed by atoms with Gasteiger partial charge in [0.1, 0.15) is 6.33 Å². The molecule has 0 fully saturated rings. The van der Waals surface area contributed by atoms with E-state index < -0.39 is 0 Å². The monoisotopic (exact) mass is 278 g/mol. The van der Waals surface area contributed by atoms with Gasteiger partial charge in [0.2, 0.25) is 0 Å². The average molecular weight is 278 g/mol. The van der Waals surface area contributed by atoms with Crippen LogP contribution in [0.3, 0.4) is 0 Å². The van der Waals surface area contributed by atoms with Crippen LogP contribution in [0.1, 0.15) is 30.6 Å². The number of hydrogen-bond acceptors (Lipinski definition) is 4. The number of nitrogens with one attached hydrogen (secondary N) is 1. The van der Waals surface area contributed by atoms with Gasteiger partial charge >= 0.3 is 0 Å². The Morgan fingerprint density at radius 1 is 1.10 bits per heavy atom. The van der Waals surface area contributed by atoms with E-state index in [0.29, 0.717) is 0 Å². The smallest absolute Gasteiger partial charge is 0.115 e. The molecule has 0 aliphatic heterocycles. The molecule has 106 valence electrons. The van der Waals surface area contributed by atoms with Gasteiger partial charge in [-0.1, -0.05) is 31.2 Å². The van der Waals surface area contributed by atoms with Crippen LogP contribution in [0.4, 0.5) is 0 Å². The van der Waals surface area contributed by atoms with Gasteiger partial charge in [-0.2, -0.15) is 0 Å². The predicted molar refractivity (Wildman–Crippen MR) is 83.9 cm³/mol. The lowest BCUT2D eigenvalue weighted by atomic mass is 10.0. The lowest BCUT2D eigenvalue weighted by Gasteiger charge is -2.19. The first-order valence-electron chi connectivity index (χ1n) is 7.22. The third kappa shape index (κ3) is 2.90. The molecule has 4 nitrogen and oxygen atoms in total. The third-order valence-electron chi connectivity index (χ3n) is 3.49. The summed E-state index contributed by atoms with van der Waals surface area (Å²) < 4.78 is 0. The Balaban J connectivity index is 2.10. The van der Waals surface area contributed by atoms with E-state index in [2.05, 4.69) is 39.3 Å². The van der Waals surface area contributed by atoms with Crippen molar-refractivity contribution in [1.82, 2.24) is 20.3 Å². The topological polar surface area (TPSA) is 50.7 Å². The third-order valence-corrected chi connectivity index (χ3v) is 3.49. The molecule has 0 spiro atoms. The number of rotatable bonds is 5. The van der Waals surface area contributed by atoms with E-state index in [1.807, 2.05) is 36.8 Å². The molecule has 0 radical (unpaired) electrons. The summed E-state index contributed by atoms with van der Waals surface area (Å²) in [5.41, 5.74) is 2.06. The highest BCUT2D eigenvalue weighted by Gasteiger charge is 2.17. The molecule has 0 saturated heterocycles. The van der Waals surface area contributed by atoms with E-state index in [-0.39, 0.29) is 6.04 Å². The Morgan fingerprint density at radius 2 is 1.90 bits per heavy atom. The van der Waals surface area contributed by atoms with Crippen molar-refractivity contribution in [3.8, 4) is 0 Å². The molecular formula is C17H18N4. The van der Waals surface area contributed by atoms with Crippen molar-refractivity contribution in [2.45, 2.75) is 19.4 Å². The van der Waals surface area contributed by atoms with E-state index in [1.165, 1.54) is 5.39 Å². The standard InChI is InChI=1S/C17H18N4/c1-2-8-20-16(14-10-18-12-19-11-14)17-15-6-4-3-5-13(15)7-9-21-17/h3-7,9-12,16,20H,2,8H2,1H3. The number of aromatic nitrogens is 3. The molecule has 1 N–H and O–H groups in total. The summed E-state index contributed by atoms with van der Waals surface area (Å²) in [6.45, 7) is 3.08. The minimum absolute atomic E-state index is 0.0113. The van der Waals surface area contributed by atoms with Crippen molar-refractivity contribution in [2.75, 3.05) is 6.54 Å². The van der Waals surface area contributed by atoms with Crippen LogP contribution in [-0.2, 0) is 0 Å². The van der Waals surface area contributed by atoms with Crippen LogP contribution in [0.5, 0.6) is 0 Å². The predicted octanol–water partition coefficient (Wildman–Crippen LogP) is 3.11. The Hall–Kier alpha value is -2.33. The van der Waals surface area contributed by atoms with Gasteiger partial charge in [-0.05, 0) is 24.4 Å². The largest absolute Gasteiger partial charge is 0.305 e. The second-order valence-corrected chi connectivity index (χ2v) is 4.98. The first-order chi connectivity index (χ1) is 10.4. The highest BCUT2D eigenvalue weighted by molar-refractivity contribution is 5.85. The summed E-state index contributed by atoms with van der Waals surface area (Å²) in [5, 5.41) is 5.91. The fourth-order valence-electron chi connectivity index (χ4n) is 2.49. The second-order valence-electron chi connectivity index (χ2n) is 4.98. The fraction of sp³-hybridized carbons (Fsp3) is 0.235. The normalized spacial score (nSPS) is 12.4. The van der Waals surface area contributed by atoms with Crippen molar-refractivity contribution in [3.63, 3.8) is 0 Å². The Kier molecular flexibility index (Phi) is 4.17. The summed E-state index contributed by atoms with van der Waals surface area (Å²) >= 11 is 0. The minimum Gasteiger partial charge on any atom is -0.305 e. The number of fused-ring (bicyclic) bond motifs is 1. The zero-order valence-corrected chi connectivity index (χ0v) is 12.0. The van der Waals surface area contributed by atoms with Crippen LogP contribution in [0.25, 0.3) is 10.8 Å². The van der Waals surface area contributed by atoms with Gasteiger partial charge in [-0.3, -0.25) is 4.98 Å².